The van der Waals surface area contributed by atoms with Crippen LogP contribution in [-0.2, 0) is 9.59 Å². The molecule has 1 fully saturated rings. The Morgan fingerprint density at radius 3 is 2.16 bits per heavy atom. The lowest BCUT2D eigenvalue weighted by atomic mass is 9.71. The fraction of sp³-hybridized carbons (Fsp3) is 0.500. The first-order valence-corrected chi connectivity index (χ1v) is 11.2. The van der Waals surface area contributed by atoms with Gasteiger partial charge in [0.1, 0.15) is 0 Å². The first kappa shape index (κ1) is 25.0. The molecule has 0 aromatic heterocycles. The molecule has 0 aromatic rings. The van der Waals surface area contributed by atoms with Crippen LogP contribution in [0, 0.1) is 10.8 Å². The highest BCUT2D eigenvalue weighted by molar-refractivity contribution is 6.22. The maximum absolute atomic E-state index is 12.3. The van der Waals surface area contributed by atoms with E-state index in [1.807, 2.05) is 58.9 Å². The van der Waals surface area contributed by atoms with Crippen molar-refractivity contribution >= 4 is 11.6 Å². The monoisotopic (exact) mass is 422 g/mol. The van der Waals surface area contributed by atoms with E-state index in [4.69, 9.17) is 0 Å². The van der Waals surface area contributed by atoms with E-state index >= 15 is 0 Å². The van der Waals surface area contributed by atoms with Crippen molar-refractivity contribution in [3.63, 3.8) is 0 Å². The third kappa shape index (κ3) is 6.87. The third-order valence-corrected chi connectivity index (χ3v) is 6.32. The van der Waals surface area contributed by atoms with Crippen LogP contribution in [0.15, 0.2) is 70.4 Å². The SMILES string of the molecule is CC1=C(/C=C/C(C)=C/C=C/C(C)=C/C=C2C(=O)CC(C)(C)CC2=O)C(C)(C)CCC1O. The lowest BCUT2D eigenvalue weighted by Crippen LogP contribution is -2.31. The largest absolute Gasteiger partial charge is 0.389 e. The first-order valence-electron chi connectivity index (χ1n) is 11.2. The van der Waals surface area contributed by atoms with Gasteiger partial charge in [-0.15, -0.1) is 0 Å². The predicted octanol–water partition coefficient (Wildman–Crippen LogP) is 6.37. The van der Waals surface area contributed by atoms with Gasteiger partial charge in [0.05, 0.1) is 11.7 Å². The summed E-state index contributed by atoms with van der Waals surface area (Å²) in [6, 6.07) is 0. The summed E-state index contributed by atoms with van der Waals surface area (Å²) in [5.74, 6) is -0.119. The quantitative estimate of drug-likeness (QED) is 0.318. The molecule has 0 spiro atoms. The van der Waals surface area contributed by atoms with Crippen molar-refractivity contribution in [3.05, 3.63) is 70.4 Å². The molecule has 2 aliphatic carbocycles. The molecule has 31 heavy (non-hydrogen) atoms. The van der Waals surface area contributed by atoms with Gasteiger partial charge in [0.15, 0.2) is 11.6 Å². The minimum absolute atomic E-state index is 0.0597. The van der Waals surface area contributed by atoms with Gasteiger partial charge in [-0.05, 0) is 61.7 Å². The molecule has 1 unspecified atom stereocenters. The molecule has 1 atom stereocenters. The Morgan fingerprint density at radius 2 is 1.55 bits per heavy atom. The molecule has 0 heterocycles. The van der Waals surface area contributed by atoms with Gasteiger partial charge in [-0.2, -0.15) is 0 Å². The number of aliphatic hydroxyl groups excluding tert-OH is 1. The minimum Gasteiger partial charge on any atom is -0.389 e. The Kier molecular flexibility index (Phi) is 7.99. The van der Waals surface area contributed by atoms with Gasteiger partial charge in [-0.25, -0.2) is 0 Å². The van der Waals surface area contributed by atoms with Crippen molar-refractivity contribution in [3.8, 4) is 0 Å². The van der Waals surface area contributed by atoms with Gasteiger partial charge in [0.2, 0.25) is 0 Å². The van der Waals surface area contributed by atoms with Gasteiger partial charge in [-0.3, -0.25) is 9.59 Å². The molecule has 3 nitrogen and oxygen atoms in total. The minimum atomic E-state index is -0.340. The first-order chi connectivity index (χ1) is 14.3. The van der Waals surface area contributed by atoms with Crippen LogP contribution >= 0.6 is 0 Å². The van der Waals surface area contributed by atoms with E-state index in [1.165, 1.54) is 5.57 Å². The smallest absolute Gasteiger partial charge is 0.166 e. The molecule has 0 radical (unpaired) electrons. The fourth-order valence-electron chi connectivity index (χ4n) is 4.28. The second-order valence-electron chi connectivity index (χ2n) is 10.5. The molecule has 0 saturated heterocycles. The van der Waals surface area contributed by atoms with Crippen LogP contribution in [0.5, 0.6) is 0 Å². The molecular weight excluding hydrogens is 384 g/mol. The molecular formula is C28H38O3. The van der Waals surface area contributed by atoms with Gasteiger partial charge < -0.3 is 5.11 Å². The number of hydrogen-bond acceptors (Lipinski definition) is 3. The number of Topliss-reactive ketones (excluding diaryl/α,β-unsaturated/α-hetero) is 2. The van der Waals surface area contributed by atoms with Crippen molar-refractivity contribution in [2.24, 2.45) is 10.8 Å². The normalized spacial score (nSPS) is 25.2. The number of carbonyl (C=O) groups is 2. The average molecular weight is 423 g/mol. The molecule has 0 aromatic carbocycles. The van der Waals surface area contributed by atoms with Crippen molar-refractivity contribution in [1.82, 2.24) is 0 Å². The van der Waals surface area contributed by atoms with E-state index in [9.17, 15) is 14.7 Å². The molecule has 1 N–H and O–H groups in total. The molecule has 0 bridgehead atoms. The molecule has 0 amide bonds. The summed E-state index contributed by atoms with van der Waals surface area (Å²) in [5.41, 5.74) is 4.53. The summed E-state index contributed by atoms with van der Waals surface area (Å²) >= 11 is 0. The third-order valence-electron chi connectivity index (χ3n) is 6.32. The highest BCUT2D eigenvalue weighted by Gasteiger charge is 2.35. The second kappa shape index (κ2) is 9.91. The van der Waals surface area contributed by atoms with E-state index in [0.717, 1.165) is 29.6 Å². The Bertz CT molecular complexity index is 892. The van der Waals surface area contributed by atoms with Crippen LogP contribution in [-0.4, -0.2) is 22.8 Å². The summed E-state index contributed by atoms with van der Waals surface area (Å²) in [6.07, 6.45) is 16.0. The molecule has 2 aliphatic rings. The number of rotatable bonds is 5. The van der Waals surface area contributed by atoms with Gasteiger partial charge in [0, 0.05) is 12.8 Å². The van der Waals surface area contributed by atoms with Crippen LogP contribution in [0.25, 0.3) is 0 Å². The number of hydrogen-bond donors (Lipinski definition) is 1. The van der Waals surface area contributed by atoms with Crippen molar-refractivity contribution in [2.75, 3.05) is 0 Å². The predicted molar refractivity (Wildman–Crippen MR) is 129 cm³/mol. The number of aliphatic hydroxyl groups is 1. The fourth-order valence-corrected chi connectivity index (χ4v) is 4.28. The highest BCUT2D eigenvalue weighted by atomic mass is 16.3. The van der Waals surface area contributed by atoms with Crippen LogP contribution in [0.3, 0.4) is 0 Å². The van der Waals surface area contributed by atoms with Gasteiger partial charge in [-0.1, -0.05) is 75.3 Å². The Balaban J connectivity index is 2.06. The Morgan fingerprint density at radius 1 is 0.968 bits per heavy atom. The maximum Gasteiger partial charge on any atom is 0.166 e. The highest BCUT2D eigenvalue weighted by Crippen LogP contribution is 2.41. The van der Waals surface area contributed by atoms with E-state index in [1.54, 1.807) is 6.08 Å². The topological polar surface area (TPSA) is 54.4 Å². The second-order valence-corrected chi connectivity index (χ2v) is 10.5. The van der Waals surface area contributed by atoms with Crippen molar-refractivity contribution in [2.45, 2.75) is 80.3 Å². The van der Waals surface area contributed by atoms with Crippen LogP contribution in [0.1, 0.15) is 74.1 Å². The van der Waals surface area contributed by atoms with Crippen LogP contribution in [0.4, 0.5) is 0 Å². The summed E-state index contributed by atoms with van der Waals surface area (Å²) in [5, 5.41) is 10.2. The average Bonchev–Trinajstić information content (AvgIpc) is 2.63. The molecule has 3 heteroatoms. The molecule has 1 saturated carbocycles. The summed E-state index contributed by atoms with van der Waals surface area (Å²) in [6.45, 7) is 14.4. The zero-order chi connectivity index (χ0) is 23.4. The molecule has 0 aliphatic heterocycles. The Labute approximate surface area is 188 Å². The molecule has 2 rings (SSSR count). The van der Waals surface area contributed by atoms with E-state index < -0.39 is 0 Å². The zero-order valence-corrected chi connectivity index (χ0v) is 20.2. The summed E-state index contributed by atoms with van der Waals surface area (Å²) < 4.78 is 0. The van der Waals surface area contributed by atoms with E-state index in [2.05, 4.69) is 26.0 Å². The number of carbonyl (C=O) groups excluding carboxylic acids is 2. The molecule has 168 valence electrons. The maximum atomic E-state index is 12.3. The van der Waals surface area contributed by atoms with Crippen molar-refractivity contribution < 1.29 is 14.7 Å². The lowest BCUT2D eigenvalue weighted by molar-refractivity contribution is -0.127. The van der Waals surface area contributed by atoms with Crippen LogP contribution in [0.2, 0.25) is 0 Å². The zero-order valence-electron chi connectivity index (χ0n) is 20.2. The standard InChI is InChI=1S/C28H38O3/c1-19(11-13-22-25(30)17-27(4,5)18-26(22)31)9-8-10-20(2)12-14-23-21(3)24(29)15-16-28(23,6)7/h8-14,24,29H,15-18H2,1-7H3/b9-8+,14-12+,19-11+,20-10+. The van der Waals surface area contributed by atoms with Gasteiger partial charge >= 0.3 is 0 Å². The van der Waals surface area contributed by atoms with E-state index in [-0.39, 0.29) is 28.5 Å². The summed E-state index contributed by atoms with van der Waals surface area (Å²) in [7, 11) is 0. The number of ketones is 2. The van der Waals surface area contributed by atoms with Crippen LogP contribution < -0.4 is 0 Å². The van der Waals surface area contributed by atoms with E-state index in [0.29, 0.717) is 18.4 Å². The lowest BCUT2D eigenvalue weighted by Gasteiger charge is -2.35. The Hall–Kier alpha value is -2.26. The van der Waals surface area contributed by atoms with Crippen molar-refractivity contribution in [1.29, 1.82) is 0 Å². The van der Waals surface area contributed by atoms with Gasteiger partial charge in [0.25, 0.3) is 0 Å². The summed E-state index contributed by atoms with van der Waals surface area (Å²) in [4.78, 5) is 24.5. The number of allylic oxidation sites excluding steroid dienone is 11.